The summed E-state index contributed by atoms with van der Waals surface area (Å²) in [4.78, 5) is 4.08. The van der Waals surface area contributed by atoms with Crippen LogP contribution in [0.1, 0.15) is 19.7 Å². The lowest BCUT2D eigenvalue weighted by Gasteiger charge is -2.35. The lowest BCUT2D eigenvalue weighted by Crippen LogP contribution is -2.52. The summed E-state index contributed by atoms with van der Waals surface area (Å²) < 4.78 is 39.4. The van der Waals surface area contributed by atoms with Crippen LogP contribution in [0, 0.1) is 6.92 Å². The zero-order valence-corrected chi connectivity index (χ0v) is 13.2. The first-order valence-electron chi connectivity index (χ1n) is 6.03. The molecule has 1 aromatic rings. The molecule has 0 aliphatic carbocycles. The molecule has 2 rings (SSSR count). The number of aromatic nitrogens is 2. The molecule has 19 heavy (non-hydrogen) atoms. The van der Waals surface area contributed by atoms with Crippen molar-refractivity contribution in [2.24, 2.45) is 7.05 Å². The lowest BCUT2D eigenvalue weighted by atomic mass is 10.2. The van der Waals surface area contributed by atoms with Gasteiger partial charge in [-0.05, 0) is 20.8 Å². The van der Waals surface area contributed by atoms with E-state index >= 15 is 0 Å². The third kappa shape index (κ3) is 2.61. The summed E-state index contributed by atoms with van der Waals surface area (Å²) in [6.07, 6.45) is 1.52. The monoisotopic (exact) mass is 305 g/mol. The highest BCUT2D eigenvalue weighted by Crippen LogP contribution is 2.25. The zero-order valence-electron chi connectivity index (χ0n) is 11.6. The van der Waals surface area contributed by atoms with E-state index in [1.54, 1.807) is 18.5 Å². The Morgan fingerprint density at radius 1 is 1.42 bits per heavy atom. The van der Waals surface area contributed by atoms with Gasteiger partial charge in [0.05, 0.1) is 4.75 Å². The highest BCUT2D eigenvalue weighted by Gasteiger charge is 2.39. The van der Waals surface area contributed by atoms with Crippen LogP contribution in [-0.4, -0.2) is 50.1 Å². The third-order valence-electron chi connectivity index (χ3n) is 3.39. The highest BCUT2D eigenvalue weighted by atomic mass is 32.2. The van der Waals surface area contributed by atoms with E-state index < -0.39 is 25.6 Å². The molecule has 0 bridgehead atoms. The topological polar surface area (TPSA) is 72.3 Å². The zero-order chi connectivity index (χ0) is 14.4. The van der Waals surface area contributed by atoms with Gasteiger partial charge in [0.1, 0.15) is 5.82 Å². The second-order valence-corrected chi connectivity index (χ2v) is 9.47. The second-order valence-electron chi connectivity index (χ2n) is 5.39. The van der Waals surface area contributed by atoms with Crippen molar-refractivity contribution in [3.05, 3.63) is 12.0 Å². The van der Waals surface area contributed by atoms with Crippen molar-refractivity contribution >= 4 is 20.8 Å². The van der Waals surface area contributed by atoms with Crippen molar-refractivity contribution in [2.45, 2.75) is 30.5 Å². The molecule has 0 aromatic carbocycles. The average molecular weight is 305 g/mol. The van der Waals surface area contributed by atoms with Gasteiger partial charge in [0.25, 0.3) is 10.0 Å². The van der Waals surface area contributed by atoms with Gasteiger partial charge in [0, 0.05) is 42.9 Å². The molecule has 1 aromatic heterocycles. The SMILES string of the molecule is Cc1nc(S(=O)(=O)N2CCS(=O)C(C)(C)C2)cn1C. The summed E-state index contributed by atoms with van der Waals surface area (Å²) in [5, 5.41) is 0.0657. The first kappa shape index (κ1) is 14.7. The van der Waals surface area contributed by atoms with Crippen LogP contribution in [-0.2, 0) is 27.9 Å². The summed E-state index contributed by atoms with van der Waals surface area (Å²) in [5.41, 5.74) is 0. The molecule has 1 atom stereocenters. The van der Waals surface area contributed by atoms with E-state index in [4.69, 9.17) is 0 Å². The summed E-state index contributed by atoms with van der Waals surface area (Å²) in [5.74, 6) is 1.02. The molecule has 1 aliphatic heterocycles. The molecule has 0 N–H and O–H groups in total. The van der Waals surface area contributed by atoms with Gasteiger partial charge in [-0.3, -0.25) is 4.21 Å². The van der Waals surface area contributed by atoms with Crippen LogP contribution < -0.4 is 0 Å². The Bertz CT molecular complexity index is 600. The highest BCUT2D eigenvalue weighted by molar-refractivity contribution is 7.89. The predicted octanol–water partition coefficient (Wildman–Crippen LogP) is 0.260. The van der Waals surface area contributed by atoms with E-state index in [1.165, 1.54) is 10.5 Å². The molecule has 8 heteroatoms. The van der Waals surface area contributed by atoms with Gasteiger partial charge in [-0.25, -0.2) is 13.4 Å². The summed E-state index contributed by atoms with van der Waals surface area (Å²) in [7, 11) is -2.82. The number of hydrogen-bond acceptors (Lipinski definition) is 4. The third-order valence-corrected chi connectivity index (χ3v) is 7.02. The molecule has 6 nitrogen and oxygen atoms in total. The molecule has 1 aliphatic rings. The Morgan fingerprint density at radius 3 is 2.53 bits per heavy atom. The van der Waals surface area contributed by atoms with Gasteiger partial charge in [-0.2, -0.15) is 4.31 Å². The number of rotatable bonds is 2. The Hall–Kier alpha value is -0.730. The molecule has 0 amide bonds. The van der Waals surface area contributed by atoms with Gasteiger partial charge >= 0.3 is 0 Å². The minimum absolute atomic E-state index is 0.0657. The van der Waals surface area contributed by atoms with Crippen LogP contribution in [0.3, 0.4) is 0 Å². The molecule has 0 saturated carbocycles. The number of sulfonamides is 1. The molecule has 0 radical (unpaired) electrons. The van der Waals surface area contributed by atoms with Crippen molar-refractivity contribution in [1.29, 1.82) is 0 Å². The molecule has 1 fully saturated rings. The molecule has 1 saturated heterocycles. The number of aryl methyl sites for hydroxylation is 2. The van der Waals surface area contributed by atoms with Crippen LogP contribution in [0.5, 0.6) is 0 Å². The minimum Gasteiger partial charge on any atom is -0.337 e. The van der Waals surface area contributed by atoms with Gasteiger partial charge < -0.3 is 4.57 Å². The average Bonchev–Trinajstić information content (AvgIpc) is 2.63. The Morgan fingerprint density at radius 2 is 2.05 bits per heavy atom. The van der Waals surface area contributed by atoms with Crippen molar-refractivity contribution in [3.63, 3.8) is 0 Å². The maximum atomic E-state index is 12.5. The van der Waals surface area contributed by atoms with E-state index in [-0.39, 0.29) is 18.1 Å². The Kier molecular flexibility index (Phi) is 3.61. The predicted molar refractivity (Wildman–Crippen MR) is 73.8 cm³/mol. The normalized spacial score (nSPS) is 24.5. The van der Waals surface area contributed by atoms with Gasteiger partial charge in [-0.1, -0.05) is 0 Å². The lowest BCUT2D eigenvalue weighted by molar-refractivity contribution is 0.377. The maximum absolute atomic E-state index is 12.5. The molecule has 0 spiro atoms. The van der Waals surface area contributed by atoms with Crippen molar-refractivity contribution in [2.75, 3.05) is 18.8 Å². The largest absolute Gasteiger partial charge is 0.337 e. The molecule has 1 unspecified atom stereocenters. The maximum Gasteiger partial charge on any atom is 0.262 e. The van der Waals surface area contributed by atoms with Crippen LogP contribution in [0.25, 0.3) is 0 Å². The van der Waals surface area contributed by atoms with E-state index in [0.717, 1.165) is 0 Å². The second kappa shape index (κ2) is 4.68. The first-order valence-corrected chi connectivity index (χ1v) is 8.79. The van der Waals surface area contributed by atoms with Crippen molar-refractivity contribution in [1.82, 2.24) is 13.9 Å². The molecular formula is C11H19N3O3S2. The summed E-state index contributed by atoms with van der Waals surface area (Å²) in [6.45, 7) is 5.96. The minimum atomic E-state index is -3.59. The first-order chi connectivity index (χ1) is 8.64. The molecular weight excluding hydrogens is 286 g/mol. The smallest absolute Gasteiger partial charge is 0.262 e. The molecule has 108 valence electrons. The van der Waals surface area contributed by atoms with E-state index in [0.29, 0.717) is 11.6 Å². The van der Waals surface area contributed by atoms with Crippen LogP contribution in [0.4, 0.5) is 0 Å². The van der Waals surface area contributed by atoms with Gasteiger partial charge in [-0.15, -0.1) is 0 Å². The van der Waals surface area contributed by atoms with Crippen molar-refractivity contribution < 1.29 is 12.6 Å². The van der Waals surface area contributed by atoms with Crippen LogP contribution >= 0.6 is 0 Å². The van der Waals surface area contributed by atoms with Crippen molar-refractivity contribution in [3.8, 4) is 0 Å². The summed E-state index contributed by atoms with van der Waals surface area (Å²) >= 11 is 0. The fourth-order valence-corrected chi connectivity index (χ4v) is 5.09. The van der Waals surface area contributed by atoms with Gasteiger partial charge in [0.15, 0.2) is 5.03 Å². The van der Waals surface area contributed by atoms with E-state index in [1.807, 2.05) is 13.8 Å². The quantitative estimate of drug-likeness (QED) is 0.786. The van der Waals surface area contributed by atoms with E-state index in [9.17, 15) is 12.6 Å². The molecule has 2 heterocycles. The summed E-state index contributed by atoms with van der Waals surface area (Å²) in [6, 6.07) is 0. The fraction of sp³-hybridized carbons (Fsp3) is 0.727. The fourth-order valence-electron chi connectivity index (χ4n) is 2.02. The number of hydrogen-bond donors (Lipinski definition) is 0. The van der Waals surface area contributed by atoms with Gasteiger partial charge in [0.2, 0.25) is 0 Å². The number of imidazole rings is 1. The number of nitrogens with zero attached hydrogens (tertiary/aromatic N) is 3. The Labute approximate surface area is 116 Å². The van der Waals surface area contributed by atoms with Crippen LogP contribution in [0.15, 0.2) is 11.2 Å². The van der Waals surface area contributed by atoms with E-state index in [2.05, 4.69) is 4.98 Å². The standard InChI is InChI=1S/C11H19N3O3S2/c1-9-12-10(7-13(9)4)19(16,17)14-5-6-18(15)11(2,3)8-14/h7H,5-6,8H2,1-4H3. The Balaban J connectivity index is 2.33. The van der Waals surface area contributed by atoms with Crippen LogP contribution in [0.2, 0.25) is 0 Å².